The van der Waals surface area contributed by atoms with Crippen LogP contribution in [0.15, 0.2) is 54.6 Å². The molecule has 0 aliphatic heterocycles. The highest BCUT2D eigenvalue weighted by Crippen LogP contribution is 2.22. The van der Waals surface area contributed by atoms with Crippen LogP contribution >= 0.6 is 0 Å². The van der Waals surface area contributed by atoms with Crippen molar-refractivity contribution in [3.05, 3.63) is 71.5 Å². The monoisotopic (exact) mass is 398 g/mol. The van der Waals surface area contributed by atoms with Crippen LogP contribution in [0.5, 0.6) is 0 Å². The molecule has 2 amide bonds. The molecule has 9 heteroatoms. The molecule has 0 aliphatic rings. The molecule has 28 heavy (non-hydrogen) atoms. The molecule has 1 unspecified atom stereocenters. The van der Waals surface area contributed by atoms with Crippen LogP contribution in [0.3, 0.4) is 0 Å². The van der Waals surface area contributed by atoms with E-state index in [4.69, 9.17) is 0 Å². The number of rotatable bonds is 7. The zero-order valence-corrected chi connectivity index (χ0v) is 14.6. The second kappa shape index (κ2) is 9.72. The first kappa shape index (κ1) is 21.2. The van der Waals surface area contributed by atoms with Crippen LogP contribution in [0.2, 0.25) is 0 Å². The van der Waals surface area contributed by atoms with Crippen molar-refractivity contribution in [3.8, 4) is 0 Å². The van der Waals surface area contributed by atoms with Gasteiger partial charge in [-0.2, -0.15) is 13.2 Å². The summed E-state index contributed by atoms with van der Waals surface area (Å²) >= 11 is 0. The van der Waals surface area contributed by atoms with Crippen molar-refractivity contribution >= 4 is 12.0 Å². The normalized spacial score (nSPS) is 12.1. The van der Waals surface area contributed by atoms with Crippen molar-refractivity contribution in [1.82, 2.24) is 10.6 Å². The minimum atomic E-state index is -4.62. The lowest BCUT2D eigenvalue weighted by Gasteiger charge is -2.20. The fourth-order valence-electron chi connectivity index (χ4n) is 2.37. The number of nitrogens with one attached hydrogen (secondary N) is 2. The van der Waals surface area contributed by atoms with E-state index >= 15 is 0 Å². The summed E-state index contributed by atoms with van der Waals surface area (Å²) in [4.78, 5) is 23.4. The third-order valence-corrected chi connectivity index (χ3v) is 3.63. The molecule has 2 aromatic rings. The highest BCUT2D eigenvalue weighted by molar-refractivity contribution is 5.78. The second-order valence-corrected chi connectivity index (χ2v) is 5.83. The summed E-state index contributed by atoms with van der Waals surface area (Å²) in [6.07, 6.45) is -6.05. The molecule has 0 spiro atoms. The Labute approximate surface area is 158 Å². The van der Waals surface area contributed by atoms with E-state index in [2.05, 4.69) is 15.4 Å². The Balaban J connectivity index is 1.92. The molecule has 2 rings (SSSR count). The number of hydrogen-bond acceptors (Lipinski definition) is 3. The summed E-state index contributed by atoms with van der Waals surface area (Å²) in [7, 11) is 0. The number of benzene rings is 2. The van der Waals surface area contributed by atoms with Crippen molar-refractivity contribution in [2.24, 2.45) is 0 Å². The molecule has 2 N–H and O–H groups in total. The summed E-state index contributed by atoms with van der Waals surface area (Å²) in [5, 5.41) is 4.84. The van der Waals surface area contributed by atoms with Crippen LogP contribution < -0.4 is 10.6 Å². The van der Waals surface area contributed by atoms with Gasteiger partial charge < -0.3 is 15.4 Å². The highest BCUT2D eigenvalue weighted by atomic mass is 19.4. The topological polar surface area (TPSA) is 67.4 Å². The number of hydrogen-bond donors (Lipinski definition) is 2. The molecular weight excluding hydrogens is 380 g/mol. The number of ether oxygens (including phenoxy) is 1. The Bertz CT molecular complexity index is 780. The molecule has 150 valence electrons. The minimum absolute atomic E-state index is 0.175. The first-order valence-electron chi connectivity index (χ1n) is 8.32. The fraction of sp³-hybridized carbons (Fsp3) is 0.263. The molecule has 2 aromatic carbocycles. The first-order valence-corrected chi connectivity index (χ1v) is 8.32. The molecule has 1 atom stereocenters. The van der Waals surface area contributed by atoms with Crippen LogP contribution in [0.4, 0.5) is 22.4 Å². The standard InChI is InChI=1S/C19H18F4N2O3/c20-15-8-6-14(7-9-15)17(13-4-2-1-3-5-13)25-16(26)10-11-24-18(27)28-12-19(21,22)23/h1-9,17H,10-12H2,(H,24,27)(H,25,26). The average Bonchev–Trinajstić information content (AvgIpc) is 2.65. The van der Waals surface area contributed by atoms with Crippen molar-refractivity contribution in [1.29, 1.82) is 0 Å². The van der Waals surface area contributed by atoms with Crippen LogP contribution in [-0.2, 0) is 9.53 Å². The maximum Gasteiger partial charge on any atom is 0.422 e. The van der Waals surface area contributed by atoms with Crippen molar-refractivity contribution in [2.45, 2.75) is 18.6 Å². The van der Waals surface area contributed by atoms with Crippen LogP contribution in [-0.4, -0.2) is 31.3 Å². The third kappa shape index (κ3) is 7.26. The molecule has 0 fully saturated rings. The summed E-state index contributed by atoms with van der Waals surface area (Å²) in [6.45, 7) is -1.90. The van der Waals surface area contributed by atoms with E-state index < -0.39 is 36.6 Å². The molecule has 0 aromatic heterocycles. The summed E-state index contributed by atoms with van der Waals surface area (Å²) < 4.78 is 53.1. The summed E-state index contributed by atoms with van der Waals surface area (Å²) in [5.74, 6) is -0.863. The van der Waals surface area contributed by atoms with Gasteiger partial charge in [-0.15, -0.1) is 0 Å². The first-order chi connectivity index (χ1) is 13.2. The second-order valence-electron chi connectivity index (χ2n) is 5.83. The average molecular weight is 398 g/mol. The van der Waals surface area contributed by atoms with Crippen molar-refractivity contribution < 1.29 is 31.9 Å². The molecule has 0 saturated carbocycles. The van der Waals surface area contributed by atoms with E-state index in [0.29, 0.717) is 5.56 Å². The van der Waals surface area contributed by atoms with Gasteiger partial charge in [0.05, 0.1) is 6.04 Å². The SMILES string of the molecule is O=C(CCNC(=O)OCC(F)(F)F)NC(c1ccccc1)c1ccc(F)cc1. The third-order valence-electron chi connectivity index (χ3n) is 3.63. The predicted octanol–water partition coefficient (Wildman–Crippen LogP) is 3.71. The Morgan fingerprint density at radius 1 is 0.964 bits per heavy atom. The Morgan fingerprint density at radius 3 is 2.18 bits per heavy atom. The van der Waals surface area contributed by atoms with Crippen LogP contribution in [0.25, 0.3) is 0 Å². The van der Waals surface area contributed by atoms with E-state index in [1.807, 2.05) is 6.07 Å². The lowest BCUT2D eigenvalue weighted by atomic mass is 9.98. The van der Waals surface area contributed by atoms with Gasteiger partial charge in [0.1, 0.15) is 5.82 Å². The number of carbonyl (C=O) groups excluding carboxylic acids is 2. The summed E-state index contributed by atoms with van der Waals surface area (Å²) in [6, 6.07) is 14.1. The smallest absolute Gasteiger partial charge is 0.422 e. The molecule has 0 aliphatic carbocycles. The Hall–Kier alpha value is -3.10. The van der Waals surface area contributed by atoms with Crippen molar-refractivity contribution in [2.75, 3.05) is 13.2 Å². The molecule has 0 heterocycles. The fourth-order valence-corrected chi connectivity index (χ4v) is 2.37. The maximum absolute atomic E-state index is 13.2. The van der Waals surface area contributed by atoms with Gasteiger partial charge in [-0.05, 0) is 23.3 Å². The number of alkyl halides is 3. The maximum atomic E-state index is 13.2. The largest absolute Gasteiger partial charge is 0.440 e. The van der Waals surface area contributed by atoms with Gasteiger partial charge in [0.2, 0.25) is 5.91 Å². The van der Waals surface area contributed by atoms with E-state index in [-0.39, 0.29) is 13.0 Å². The summed E-state index contributed by atoms with van der Waals surface area (Å²) in [5.41, 5.74) is 1.42. The number of carbonyl (C=O) groups is 2. The molecule has 0 radical (unpaired) electrons. The lowest BCUT2D eigenvalue weighted by Crippen LogP contribution is -2.34. The van der Waals surface area contributed by atoms with Crippen molar-refractivity contribution in [3.63, 3.8) is 0 Å². The molecule has 5 nitrogen and oxygen atoms in total. The van der Waals surface area contributed by atoms with E-state index in [1.165, 1.54) is 12.1 Å². The lowest BCUT2D eigenvalue weighted by molar-refractivity contribution is -0.160. The Kier molecular flexibility index (Phi) is 7.36. The predicted molar refractivity (Wildman–Crippen MR) is 92.9 cm³/mol. The molecule has 0 bridgehead atoms. The van der Waals surface area contributed by atoms with Gasteiger partial charge in [0.15, 0.2) is 6.61 Å². The van der Waals surface area contributed by atoms with Gasteiger partial charge in [0, 0.05) is 13.0 Å². The molecule has 0 saturated heterocycles. The van der Waals surface area contributed by atoms with E-state index in [9.17, 15) is 27.2 Å². The van der Waals surface area contributed by atoms with Gasteiger partial charge in [-0.1, -0.05) is 42.5 Å². The van der Waals surface area contributed by atoms with Gasteiger partial charge in [0.25, 0.3) is 0 Å². The number of halogens is 4. The zero-order chi connectivity index (χ0) is 20.6. The van der Waals surface area contributed by atoms with Crippen LogP contribution in [0.1, 0.15) is 23.6 Å². The van der Waals surface area contributed by atoms with E-state index in [1.54, 1.807) is 36.4 Å². The number of amides is 2. The van der Waals surface area contributed by atoms with Gasteiger partial charge in [-0.3, -0.25) is 4.79 Å². The number of alkyl carbamates (subject to hydrolysis) is 1. The van der Waals surface area contributed by atoms with Gasteiger partial charge in [-0.25, -0.2) is 9.18 Å². The minimum Gasteiger partial charge on any atom is -0.440 e. The zero-order valence-electron chi connectivity index (χ0n) is 14.6. The van der Waals surface area contributed by atoms with E-state index in [0.717, 1.165) is 5.56 Å². The quantitative estimate of drug-likeness (QED) is 0.699. The molecular formula is C19H18F4N2O3. The Morgan fingerprint density at radius 2 is 1.57 bits per heavy atom. The van der Waals surface area contributed by atoms with Gasteiger partial charge >= 0.3 is 12.3 Å². The van der Waals surface area contributed by atoms with Crippen LogP contribution in [0, 0.1) is 5.82 Å². The highest BCUT2D eigenvalue weighted by Gasteiger charge is 2.29.